The third kappa shape index (κ3) is 5.07. The van der Waals surface area contributed by atoms with Gasteiger partial charge >= 0.3 is 0 Å². The van der Waals surface area contributed by atoms with Crippen LogP contribution in [0.1, 0.15) is 45.6 Å². The van der Waals surface area contributed by atoms with Gasteiger partial charge in [0.15, 0.2) is 0 Å². The van der Waals surface area contributed by atoms with Gasteiger partial charge in [0.05, 0.1) is 10.9 Å². The number of amides is 1. The molecule has 1 amide bonds. The van der Waals surface area contributed by atoms with Crippen molar-refractivity contribution in [1.82, 2.24) is 5.32 Å². The number of sulfonamides is 1. The summed E-state index contributed by atoms with van der Waals surface area (Å²) in [6.45, 7) is 7.54. The van der Waals surface area contributed by atoms with Crippen LogP contribution in [-0.4, -0.2) is 14.3 Å². The van der Waals surface area contributed by atoms with Gasteiger partial charge in [-0.2, -0.15) is 0 Å². The summed E-state index contributed by atoms with van der Waals surface area (Å²) < 4.78 is 28.4. The summed E-state index contributed by atoms with van der Waals surface area (Å²) in [7, 11) is -3.83. The summed E-state index contributed by atoms with van der Waals surface area (Å²) in [5, 5.41) is 2.93. The van der Waals surface area contributed by atoms with Crippen LogP contribution in [0.5, 0.6) is 0 Å². The van der Waals surface area contributed by atoms with Crippen LogP contribution in [0.25, 0.3) is 0 Å². The Morgan fingerprint density at radius 1 is 0.833 bits per heavy atom. The van der Waals surface area contributed by atoms with Gasteiger partial charge in [0, 0.05) is 11.3 Å². The minimum atomic E-state index is -3.83. The molecule has 0 aliphatic carbocycles. The first-order valence-electron chi connectivity index (χ1n) is 9.73. The Bertz CT molecular complexity index is 1150. The summed E-state index contributed by atoms with van der Waals surface area (Å²) in [5.41, 5.74) is 4.50. The minimum Gasteiger partial charge on any atom is -0.346 e. The standard InChI is InChI=1S/C24H26N2O3S/c1-16-5-10-20(11-6-16)19(4)25-24(27)21-12-9-18(3)23(15-21)30(28,29)26-22-13-7-17(2)8-14-22/h5-15,19,26H,1-4H3,(H,25,27)/t19-/m1/s1. The molecule has 30 heavy (non-hydrogen) atoms. The molecule has 2 N–H and O–H groups in total. The zero-order chi connectivity index (χ0) is 21.9. The van der Waals surface area contributed by atoms with E-state index in [1.807, 2.05) is 57.2 Å². The summed E-state index contributed by atoms with van der Waals surface area (Å²) in [5.74, 6) is -0.324. The number of aryl methyl sites for hydroxylation is 3. The first-order chi connectivity index (χ1) is 14.2. The second-order valence-corrected chi connectivity index (χ2v) is 9.21. The largest absolute Gasteiger partial charge is 0.346 e. The van der Waals surface area contributed by atoms with Crippen LogP contribution >= 0.6 is 0 Å². The number of carbonyl (C=O) groups is 1. The van der Waals surface area contributed by atoms with Gasteiger partial charge in [0.1, 0.15) is 0 Å². The Hall–Kier alpha value is -3.12. The molecule has 0 radical (unpaired) electrons. The van der Waals surface area contributed by atoms with Gasteiger partial charge in [-0.1, -0.05) is 53.6 Å². The van der Waals surface area contributed by atoms with Crippen LogP contribution in [0.2, 0.25) is 0 Å². The molecule has 0 aliphatic rings. The summed E-state index contributed by atoms with van der Waals surface area (Å²) >= 11 is 0. The number of nitrogens with one attached hydrogen (secondary N) is 2. The normalized spacial score (nSPS) is 12.3. The van der Waals surface area contributed by atoms with E-state index < -0.39 is 10.0 Å². The third-order valence-corrected chi connectivity index (χ3v) is 6.49. The SMILES string of the molecule is Cc1ccc(NS(=O)(=O)c2cc(C(=O)N[C@H](C)c3ccc(C)cc3)ccc2C)cc1. The highest BCUT2D eigenvalue weighted by Gasteiger charge is 2.20. The van der Waals surface area contributed by atoms with E-state index in [4.69, 9.17) is 0 Å². The zero-order valence-electron chi connectivity index (χ0n) is 17.6. The predicted octanol–water partition coefficient (Wildman–Crippen LogP) is 4.90. The van der Waals surface area contributed by atoms with Crippen LogP contribution in [0.15, 0.2) is 71.6 Å². The monoisotopic (exact) mass is 422 g/mol. The molecule has 0 saturated carbocycles. The maximum atomic E-state index is 12.9. The van der Waals surface area contributed by atoms with E-state index in [0.717, 1.165) is 16.7 Å². The molecule has 1 atom stereocenters. The van der Waals surface area contributed by atoms with Crippen molar-refractivity contribution in [1.29, 1.82) is 0 Å². The number of benzene rings is 3. The van der Waals surface area contributed by atoms with Gasteiger partial charge in [-0.3, -0.25) is 9.52 Å². The molecule has 5 nitrogen and oxygen atoms in total. The lowest BCUT2D eigenvalue weighted by Gasteiger charge is -2.16. The lowest BCUT2D eigenvalue weighted by molar-refractivity contribution is 0.0939. The molecule has 3 rings (SSSR count). The number of hydrogen-bond donors (Lipinski definition) is 2. The topological polar surface area (TPSA) is 75.3 Å². The molecule has 6 heteroatoms. The van der Waals surface area contributed by atoms with Gasteiger partial charge in [-0.05, 0) is 63.1 Å². The van der Waals surface area contributed by atoms with Gasteiger partial charge < -0.3 is 5.32 Å². The van der Waals surface area contributed by atoms with Crippen LogP contribution < -0.4 is 10.0 Å². The first kappa shape index (κ1) is 21.6. The van der Waals surface area contributed by atoms with Crippen molar-refractivity contribution in [2.24, 2.45) is 0 Å². The molecule has 0 spiro atoms. The summed E-state index contributed by atoms with van der Waals surface area (Å²) in [6.07, 6.45) is 0. The second-order valence-electron chi connectivity index (χ2n) is 7.56. The minimum absolute atomic E-state index is 0.0821. The van der Waals surface area contributed by atoms with Crippen LogP contribution in [-0.2, 0) is 10.0 Å². The molecule has 156 valence electrons. The zero-order valence-corrected chi connectivity index (χ0v) is 18.4. The van der Waals surface area contributed by atoms with Crippen molar-refractivity contribution in [3.63, 3.8) is 0 Å². The van der Waals surface area contributed by atoms with E-state index in [-0.39, 0.29) is 16.8 Å². The highest BCUT2D eigenvalue weighted by atomic mass is 32.2. The smallest absolute Gasteiger partial charge is 0.262 e. The maximum absolute atomic E-state index is 12.9. The van der Waals surface area contributed by atoms with Gasteiger partial charge in [-0.15, -0.1) is 0 Å². The summed E-state index contributed by atoms with van der Waals surface area (Å²) in [4.78, 5) is 12.8. The maximum Gasteiger partial charge on any atom is 0.262 e. The van der Waals surface area contributed by atoms with Crippen LogP contribution in [0.4, 0.5) is 5.69 Å². The summed E-state index contributed by atoms with van der Waals surface area (Å²) in [6, 6.07) is 19.5. The van der Waals surface area contributed by atoms with E-state index in [2.05, 4.69) is 10.0 Å². The molecule has 0 heterocycles. The Balaban J connectivity index is 1.82. The predicted molar refractivity (Wildman–Crippen MR) is 120 cm³/mol. The quantitative estimate of drug-likeness (QED) is 0.593. The average Bonchev–Trinajstić information content (AvgIpc) is 2.70. The van der Waals surface area contributed by atoms with Gasteiger partial charge in [0.2, 0.25) is 0 Å². The Labute approximate surface area is 178 Å². The Morgan fingerprint density at radius 2 is 1.40 bits per heavy atom. The fourth-order valence-electron chi connectivity index (χ4n) is 3.08. The van der Waals surface area contributed by atoms with Crippen molar-refractivity contribution < 1.29 is 13.2 Å². The van der Waals surface area contributed by atoms with Gasteiger partial charge in [0.25, 0.3) is 15.9 Å². The second kappa shape index (κ2) is 8.71. The van der Waals surface area contributed by atoms with Crippen molar-refractivity contribution in [2.75, 3.05) is 4.72 Å². The van der Waals surface area contributed by atoms with E-state index in [0.29, 0.717) is 16.8 Å². The number of hydrogen-bond acceptors (Lipinski definition) is 3. The average molecular weight is 423 g/mol. The van der Waals surface area contributed by atoms with Crippen LogP contribution in [0, 0.1) is 20.8 Å². The lowest BCUT2D eigenvalue weighted by atomic mass is 10.1. The fraction of sp³-hybridized carbons (Fsp3) is 0.208. The van der Waals surface area contributed by atoms with E-state index in [9.17, 15) is 13.2 Å². The third-order valence-electron chi connectivity index (χ3n) is 4.97. The van der Waals surface area contributed by atoms with Gasteiger partial charge in [-0.25, -0.2) is 8.42 Å². The fourth-order valence-corrected chi connectivity index (χ4v) is 4.41. The molecule has 0 saturated heterocycles. The number of anilines is 1. The van der Waals surface area contributed by atoms with E-state index in [1.165, 1.54) is 6.07 Å². The van der Waals surface area contributed by atoms with E-state index >= 15 is 0 Å². The molecule has 0 bridgehead atoms. The highest BCUT2D eigenvalue weighted by molar-refractivity contribution is 7.92. The van der Waals surface area contributed by atoms with Crippen molar-refractivity contribution in [2.45, 2.75) is 38.6 Å². The Kier molecular flexibility index (Phi) is 6.27. The number of rotatable bonds is 6. The molecule has 0 aliphatic heterocycles. The molecule has 0 unspecified atom stereocenters. The Morgan fingerprint density at radius 3 is 2.00 bits per heavy atom. The molecular weight excluding hydrogens is 396 g/mol. The molecule has 0 fully saturated rings. The number of carbonyl (C=O) groups excluding carboxylic acids is 1. The molecule has 0 aromatic heterocycles. The lowest BCUT2D eigenvalue weighted by Crippen LogP contribution is -2.27. The van der Waals surface area contributed by atoms with E-state index in [1.54, 1.807) is 31.2 Å². The molecular formula is C24H26N2O3S. The van der Waals surface area contributed by atoms with Crippen molar-refractivity contribution >= 4 is 21.6 Å². The van der Waals surface area contributed by atoms with Crippen LogP contribution in [0.3, 0.4) is 0 Å². The van der Waals surface area contributed by atoms with Crippen molar-refractivity contribution in [3.05, 3.63) is 94.5 Å². The molecule has 3 aromatic carbocycles. The molecule has 3 aromatic rings. The van der Waals surface area contributed by atoms with Crippen molar-refractivity contribution in [3.8, 4) is 0 Å². The highest BCUT2D eigenvalue weighted by Crippen LogP contribution is 2.22. The first-order valence-corrected chi connectivity index (χ1v) is 11.2.